The van der Waals surface area contributed by atoms with Gasteiger partial charge in [-0.05, 0) is 37.0 Å². The van der Waals surface area contributed by atoms with Crippen molar-refractivity contribution >= 4 is 21.8 Å². The molecule has 1 aliphatic rings. The standard InChI is InChI=1S/C15H21N3O5S/c16-24(21,22)13-5-3-11(4-6-13)7-8-17-14(19)15(20)18-10-12-2-1-9-23-12/h3-6,12H,1-2,7-10H2,(H,17,19)(H,18,20)(H2,16,21,22). The zero-order chi connectivity index (χ0) is 17.6. The molecule has 0 spiro atoms. The number of nitrogens with two attached hydrogens (primary N) is 1. The van der Waals surface area contributed by atoms with Crippen LogP contribution in [0.2, 0.25) is 0 Å². The van der Waals surface area contributed by atoms with E-state index in [4.69, 9.17) is 9.88 Å². The second-order valence-corrected chi connectivity index (χ2v) is 7.10. The first-order chi connectivity index (χ1) is 11.4. The highest BCUT2D eigenvalue weighted by Gasteiger charge is 2.19. The van der Waals surface area contributed by atoms with E-state index in [2.05, 4.69) is 10.6 Å². The van der Waals surface area contributed by atoms with Crippen LogP contribution in [0.1, 0.15) is 18.4 Å². The Balaban J connectivity index is 1.70. The number of carbonyl (C=O) groups is 2. The van der Waals surface area contributed by atoms with E-state index >= 15 is 0 Å². The molecule has 24 heavy (non-hydrogen) atoms. The van der Waals surface area contributed by atoms with Crippen molar-refractivity contribution in [2.24, 2.45) is 5.14 Å². The van der Waals surface area contributed by atoms with E-state index in [1.165, 1.54) is 12.1 Å². The van der Waals surface area contributed by atoms with Gasteiger partial charge in [0, 0.05) is 19.7 Å². The van der Waals surface area contributed by atoms with Gasteiger partial charge in [-0.2, -0.15) is 0 Å². The number of hydrogen-bond acceptors (Lipinski definition) is 5. The lowest BCUT2D eigenvalue weighted by atomic mass is 10.1. The van der Waals surface area contributed by atoms with Crippen LogP contribution in [0.4, 0.5) is 0 Å². The minimum Gasteiger partial charge on any atom is -0.376 e. The van der Waals surface area contributed by atoms with Gasteiger partial charge in [-0.1, -0.05) is 12.1 Å². The number of hydrogen-bond donors (Lipinski definition) is 3. The fourth-order valence-corrected chi connectivity index (χ4v) is 2.85. The first-order valence-corrected chi connectivity index (χ1v) is 9.20. The molecule has 1 saturated heterocycles. The van der Waals surface area contributed by atoms with E-state index in [0.717, 1.165) is 18.4 Å². The second-order valence-electron chi connectivity index (χ2n) is 5.54. The zero-order valence-corrected chi connectivity index (χ0v) is 14.0. The third-order valence-corrected chi connectivity index (χ3v) is 4.60. The van der Waals surface area contributed by atoms with Crippen molar-refractivity contribution in [2.45, 2.75) is 30.3 Å². The number of rotatable bonds is 6. The quantitative estimate of drug-likeness (QED) is 0.581. The maximum absolute atomic E-state index is 11.7. The van der Waals surface area contributed by atoms with Crippen molar-refractivity contribution in [1.82, 2.24) is 10.6 Å². The summed E-state index contributed by atoms with van der Waals surface area (Å²) in [6, 6.07) is 6.04. The van der Waals surface area contributed by atoms with E-state index in [-0.39, 0.29) is 17.5 Å². The van der Waals surface area contributed by atoms with Gasteiger partial charge in [-0.25, -0.2) is 13.6 Å². The molecule has 4 N–H and O–H groups in total. The van der Waals surface area contributed by atoms with Crippen molar-refractivity contribution in [3.05, 3.63) is 29.8 Å². The number of sulfonamides is 1. The van der Waals surface area contributed by atoms with Gasteiger partial charge < -0.3 is 15.4 Å². The summed E-state index contributed by atoms with van der Waals surface area (Å²) >= 11 is 0. The third-order valence-electron chi connectivity index (χ3n) is 3.67. The molecular weight excluding hydrogens is 334 g/mol. The molecule has 8 nitrogen and oxygen atoms in total. The molecule has 2 amide bonds. The largest absolute Gasteiger partial charge is 0.376 e. The highest BCUT2D eigenvalue weighted by atomic mass is 32.2. The molecule has 132 valence electrons. The number of ether oxygens (including phenoxy) is 1. The lowest BCUT2D eigenvalue weighted by Crippen LogP contribution is -2.43. The van der Waals surface area contributed by atoms with Crippen LogP contribution < -0.4 is 15.8 Å². The average Bonchev–Trinajstić information content (AvgIpc) is 3.05. The highest BCUT2D eigenvalue weighted by molar-refractivity contribution is 7.89. The van der Waals surface area contributed by atoms with Crippen LogP contribution in [-0.4, -0.2) is 46.0 Å². The average molecular weight is 355 g/mol. The Morgan fingerprint density at radius 2 is 1.83 bits per heavy atom. The fraction of sp³-hybridized carbons (Fsp3) is 0.467. The number of nitrogens with one attached hydrogen (secondary N) is 2. The molecule has 1 unspecified atom stereocenters. The van der Waals surface area contributed by atoms with E-state index in [1.54, 1.807) is 12.1 Å². The molecule has 1 heterocycles. The first kappa shape index (κ1) is 18.4. The van der Waals surface area contributed by atoms with Gasteiger partial charge in [0.05, 0.1) is 11.0 Å². The predicted octanol–water partition coefficient (Wildman–Crippen LogP) is -0.712. The lowest BCUT2D eigenvalue weighted by Gasteiger charge is -2.10. The maximum atomic E-state index is 11.7. The summed E-state index contributed by atoms with van der Waals surface area (Å²) in [6.07, 6.45) is 2.31. The van der Waals surface area contributed by atoms with E-state index < -0.39 is 21.8 Å². The van der Waals surface area contributed by atoms with Crippen molar-refractivity contribution < 1.29 is 22.7 Å². The predicted molar refractivity (Wildman–Crippen MR) is 86.5 cm³/mol. The molecule has 1 atom stereocenters. The summed E-state index contributed by atoms with van der Waals surface area (Å²) in [5.41, 5.74) is 0.822. The summed E-state index contributed by atoms with van der Waals surface area (Å²) in [7, 11) is -3.71. The minimum absolute atomic E-state index is 0.0147. The Labute approximate surface area is 140 Å². The molecule has 9 heteroatoms. The Bertz CT molecular complexity index is 682. The molecule has 2 rings (SSSR count). The topological polar surface area (TPSA) is 128 Å². The van der Waals surface area contributed by atoms with E-state index in [9.17, 15) is 18.0 Å². The molecule has 0 aromatic heterocycles. The minimum atomic E-state index is -3.71. The molecule has 1 aliphatic heterocycles. The maximum Gasteiger partial charge on any atom is 0.309 e. The molecule has 1 aromatic rings. The molecular formula is C15H21N3O5S. The molecule has 0 bridgehead atoms. The molecule has 0 radical (unpaired) electrons. The van der Waals surface area contributed by atoms with Crippen LogP contribution in [-0.2, 0) is 30.8 Å². The summed E-state index contributed by atoms with van der Waals surface area (Å²) in [5, 5.41) is 10.1. The SMILES string of the molecule is NS(=O)(=O)c1ccc(CCNC(=O)C(=O)NCC2CCCO2)cc1. The smallest absolute Gasteiger partial charge is 0.309 e. The number of carbonyl (C=O) groups excluding carboxylic acids is 2. The summed E-state index contributed by atoms with van der Waals surface area (Å²) in [6.45, 7) is 1.29. The molecule has 0 aliphatic carbocycles. The van der Waals surface area contributed by atoms with Crippen molar-refractivity contribution in [3.8, 4) is 0 Å². The number of benzene rings is 1. The Kier molecular flexibility index (Phi) is 6.29. The van der Waals surface area contributed by atoms with Crippen LogP contribution in [0.25, 0.3) is 0 Å². The van der Waals surface area contributed by atoms with Gasteiger partial charge in [0.2, 0.25) is 10.0 Å². The normalized spacial score (nSPS) is 17.5. The van der Waals surface area contributed by atoms with Gasteiger partial charge in [0.1, 0.15) is 0 Å². The van der Waals surface area contributed by atoms with Gasteiger partial charge in [0.15, 0.2) is 0 Å². The Morgan fingerprint density at radius 1 is 1.17 bits per heavy atom. The van der Waals surface area contributed by atoms with Crippen LogP contribution in [0.3, 0.4) is 0 Å². The zero-order valence-electron chi connectivity index (χ0n) is 13.2. The van der Waals surface area contributed by atoms with Crippen molar-refractivity contribution in [2.75, 3.05) is 19.7 Å². The van der Waals surface area contributed by atoms with Crippen LogP contribution in [0, 0.1) is 0 Å². The van der Waals surface area contributed by atoms with Gasteiger partial charge in [-0.15, -0.1) is 0 Å². The summed E-state index contributed by atoms with van der Waals surface area (Å²) in [4.78, 5) is 23.3. The van der Waals surface area contributed by atoms with Crippen LogP contribution >= 0.6 is 0 Å². The first-order valence-electron chi connectivity index (χ1n) is 7.65. The van der Waals surface area contributed by atoms with Crippen molar-refractivity contribution in [3.63, 3.8) is 0 Å². The third kappa shape index (κ3) is 5.59. The van der Waals surface area contributed by atoms with Crippen molar-refractivity contribution in [1.29, 1.82) is 0 Å². The second kappa shape index (κ2) is 8.22. The lowest BCUT2D eigenvalue weighted by molar-refractivity contribution is -0.139. The molecule has 1 fully saturated rings. The highest BCUT2D eigenvalue weighted by Crippen LogP contribution is 2.10. The number of amides is 2. The Hall–Kier alpha value is -1.97. The molecule has 1 aromatic carbocycles. The van der Waals surface area contributed by atoms with Gasteiger partial charge in [0.25, 0.3) is 0 Å². The fourth-order valence-electron chi connectivity index (χ4n) is 2.34. The monoisotopic (exact) mass is 355 g/mol. The summed E-state index contributed by atoms with van der Waals surface area (Å²) < 4.78 is 27.7. The number of primary sulfonamides is 1. The van der Waals surface area contributed by atoms with Gasteiger partial charge >= 0.3 is 11.8 Å². The Morgan fingerprint density at radius 3 is 2.42 bits per heavy atom. The van der Waals surface area contributed by atoms with E-state index in [0.29, 0.717) is 19.6 Å². The van der Waals surface area contributed by atoms with E-state index in [1.807, 2.05) is 0 Å². The van der Waals surface area contributed by atoms with Crippen LogP contribution in [0.15, 0.2) is 29.2 Å². The molecule has 0 saturated carbocycles. The van der Waals surface area contributed by atoms with Gasteiger partial charge in [-0.3, -0.25) is 9.59 Å². The van der Waals surface area contributed by atoms with Crippen LogP contribution in [0.5, 0.6) is 0 Å². The summed E-state index contributed by atoms with van der Waals surface area (Å²) in [5.74, 6) is -1.38.